The van der Waals surface area contributed by atoms with E-state index in [1.54, 1.807) is 0 Å². The predicted octanol–water partition coefficient (Wildman–Crippen LogP) is 3.26. The summed E-state index contributed by atoms with van der Waals surface area (Å²) in [5, 5.41) is 14.6. The number of anilines is 2. The SMILES string of the molecule is CN(C)c1cc(NC(=O)CC2CC3(CNC3)C2)c2ccccc2n1.O=C(O)C(F)(F)F. The van der Waals surface area contributed by atoms with Crippen molar-refractivity contribution in [3.05, 3.63) is 30.3 Å². The van der Waals surface area contributed by atoms with Gasteiger partial charge in [-0.2, -0.15) is 13.2 Å². The largest absolute Gasteiger partial charge is 0.490 e. The maximum Gasteiger partial charge on any atom is 0.490 e. The molecule has 0 bridgehead atoms. The normalized spacial score (nSPS) is 17.2. The van der Waals surface area contributed by atoms with Crippen LogP contribution < -0.4 is 15.5 Å². The molecule has 2 heterocycles. The summed E-state index contributed by atoms with van der Waals surface area (Å²) in [5.41, 5.74) is 2.28. The standard InChI is InChI=1S/C19H24N4O.C2HF3O2/c1-23(2)17-8-16(14-5-3-4-6-15(14)21-17)22-18(24)7-13-9-19(10-13)11-20-12-19;3-2(4,5)1(6)7/h3-6,8,13,20H,7,9-12H2,1-2H3,(H,21,22,24);(H,6,7). The lowest BCUT2D eigenvalue weighted by Crippen LogP contribution is -2.60. The molecule has 2 aromatic rings. The van der Waals surface area contributed by atoms with E-state index in [0.717, 1.165) is 35.5 Å². The van der Waals surface area contributed by atoms with E-state index < -0.39 is 12.1 Å². The van der Waals surface area contributed by atoms with Crippen LogP contribution >= 0.6 is 0 Å². The van der Waals surface area contributed by atoms with Gasteiger partial charge in [-0.3, -0.25) is 4.79 Å². The number of fused-ring (bicyclic) bond motifs is 1. The van der Waals surface area contributed by atoms with Crippen LogP contribution in [0.4, 0.5) is 24.7 Å². The zero-order valence-electron chi connectivity index (χ0n) is 17.3. The van der Waals surface area contributed by atoms with E-state index in [1.807, 2.05) is 49.3 Å². The molecule has 1 aliphatic heterocycles. The highest BCUT2D eigenvalue weighted by atomic mass is 19.4. The minimum Gasteiger partial charge on any atom is -0.475 e. The number of aliphatic carboxylic acids is 1. The van der Waals surface area contributed by atoms with E-state index in [4.69, 9.17) is 9.90 Å². The lowest BCUT2D eigenvalue weighted by molar-refractivity contribution is -0.192. The predicted molar refractivity (Wildman–Crippen MR) is 111 cm³/mol. The first-order chi connectivity index (χ1) is 14.5. The van der Waals surface area contributed by atoms with Gasteiger partial charge in [0.2, 0.25) is 5.91 Å². The van der Waals surface area contributed by atoms with Crippen molar-refractivity contribution in [1.82, 2.24) is 10.3 Å². The third-order valence-electron chi connectivity index (χ3n) is 5.59. The molecule has 0 atom stereocenters. The van der Waals surface area contributed by atoms with Crippen LogP contribution in [0.1, 0.15) is 19.3 Å². The molecule has 0 unspecified atom stereocenters. The second kappa shape index (κ2) is 8.70. The zero-order chi connectivity index (χ0) is 22.8. The van der Waals surface area contributed by atoms with Crippen molar-refractivity contribution in [3.63, 3.8) is 0 Å². The molecule has 1 aromatic heterocycles. The highest BCUT2D eigenvalue weighted by Gasteiger charge is 2.48. The van der Waals surface area contributed by atoms with E-state index in [2.05, 4.69) is 15.6 Å². The number of benzene rings is 1. The maximum absolute atomic E-state index is 12.5. The molecule has 31 heavy (non-hydrogen) atoms. The molecule has 1 amide bonds. The van der Waals surface area contributed by atoms with Crippen LogP contribution in [0.2, 0.25) is 0 Å². The fourth-order valence-electron chi connectivity index (χ4n) is 4.03. The van der Waals surface area contributed by atoms with Crippen molar-refractivity contribution in [1.29, 1.82) is 0 Å². The second-order valence-corrected chi connectivity index (χ2v) is 8.37. The highest BCUT2D eigenvalue weighted by molar-refractivity contribution is 6.02. The molecular formula is C21H25F3N4O3. The number of nitrogens with one attached hydrogen (secondary N) is 2. The van der Waals surface area contributed by atoms with E-state index in [-0.39, 0.29) is 5.91 Å². The average molecular weight is 438 g/mol. The Morgan fingerprint density at radius 1 is 1.26 bits per heavy atom. The lowest BCUT2D eigenvalue weighted by atomic mass is 9.58. The Kier molecular flexibility index (Phi) is 6.40. The van der Waals surface area contributed by atoms with Gasteiger partial charge in [0.15, 0.2) is 0 Å². The minimum atomic E-state index is -5.08. The van der Waals surface area contributed by atoms with E-state index in [1.165, 1.54) is 12.8 Å². The second-order valence-electron chi connectivity index (χ2n) is 8.37. The molecular weight excluding hydrogens is 413 g/mol. The zero-order valence-corrected chi connectivity index (χ0v) is 17.3. The van der Waals surface area contributed by atoms with Crippen molar-refractivity contribution in [2.24, 2.45) is 11.3 Å². The van der Waals surface area contributed by atoms with Crippen LogP contribution in [0.25, 0.3) is 10.9 Å². The highest BCUT2D eigenvalue weighted by Crippen LogP contribution is 2.49. The fourth-order valence-corrected chi connectivity index (χ4v) is 4.03. The van der Waals surface area contributed by atoms with E-state index in [9.17, 15) is 18.0 Å². The Balaban J connectivity index is 0.000000339. The summed E-state index contributed by atoms with van der Waals surface area (Å²) in [5.74, 6) is -1.25. The van der Waals surface area contributed by atoms with Crippen LogP contribution in [-0.2, 0) is 9.59 Å². The van der Waals surface area contributed by atoms with Gasteiger partial charge < -0.3 is 20.6 Å². The Morgan fingerprint density at radius 2 is 1.87 bits per heavy atom. The third-order valence-corrected chi connectivity index (χ3v) is 5.59. The molecule has 4 rings (SSSR count). The van der Waals surface area contributed by atoms with Crippen LogP contribution in [0, 0.1) is 11.3 Å². The van der Waals surface area contributed by atoms with Gasteiger partial charge in [0, 0.05) is 45.1 Å². The first-order valence-corrected chi connectivity index (χ1v) is 9.87. The van der Waals surface area contributed by atoms with Crippen molar-refractivity contribution in [2.45, 2.75) is 25.4 Å². The third kappa shape index (κ3) is 5.43. The fraction of sp³-hybridized carbons (Fsp3) is 0.476. The Hall–Kier alpha value is -2.88. The molecule has 1 aliphatic carbocycles. The summed E-state index contributed by atoms with van der Waals surface area (Å²) in [7, 11) is 3.92. The topological polar surface area (TPSA) is 94.6 Å². The van der Waals surface area contributed by atoms with E-state index in [0.29, 0.717) is 17.8 Å². The lowest BCUT2D eigenvalue weighted by Gasteiger charge is -2.54. The van der Waals surface area contributed by atoms with Crippen molar-refractivity contribution in [3.8, 4) is 0 Å². The van der Waals surface area contributed by atoms with Crippen molar-refractivity contribution < 1.29 is 27.9 Å². The minimum absolute atomic E-state index is 0.114. The van der Waals surface area contributed by atoms with Crippen molar-refractivity contribution >= 4 is 34.3 Å². The molecule has 0 radical (unpaired) electrons. The first-order valence-electron chi connectivity index (χ1n) is 9.87. The van der Waals surface area contributed by atoms with Gasteiger partial charge in [-0.05, 0) is 30.2 Å². The summed E-state index contributed by atoms with van der Waals surface area (Å²) in [6.07, 6.45) is -2.09. The number of amides is 1. The Labute approximate surface area is 177 Å². The monoisotopic (exact) mass is 438 g/mol. The quantitative estimate of drug-likeness (QED) is 0.679. The molecule has 2 fully saturated rings. The number of carbonyl (C=O) groups is 2. The Morgan fingerprint density at radius 3 is 2.39 bits per heavy atom. The number of carboxylic acid groups (broad SMARTS) is 1. The summed E-state index contributed by atoms with van der Waals surface area (Å²) in [6, 6.07) is 9.90. The van der Waals surface area contributed by atoms with Gasteiger partial charge in [-0.15, -0.1) is 0 Å². The molecule has 3 N–H and O–H groups in total. The van der Waals surface area contributed by atoms with Crippen molar-refractivity contribution in [2.75, 3.05) is 37.4 Å². The Bertz CT molecular complexity index is 966. The summed E-state index contributed by atoms with van der Waals surface area (Å²) in [6.45, 7) is 2.26. The molecule has 1 aromatic carbocycles. The molecule has 1 spiro atoms. The number of nitrogens with zero attached hydrogens (tertiary/aromatic N) is 2. The van der Waals surface area contributed by atoms with Gasteiger partial charge in [-0.25, -0.2) is 9.78 Å². The number of rotatable bonds is 4. The number of halogens is 3. The number of aromatic nitrogens is 1. The molecule has 10 heteroatoms. The molecule has 2 aliphatic rings. The summed E-state index contributed by atoms with van der Waals surface area (Å²) >= 11 is 0. The molecule has 1 saturated heterocycles. The number of pyridine rings is 1. The maximum atomic E-state index is 12.5. The van der Waals surface area contributed by atoms with Crippen LogP contribution in [0.15, 0.2) is 30.3 Å². The molecule has 1 saturated carbocycles. The number of carbonyl (C=O) groups excluding carboxylic acids is 1. The van der Waals surface area contributed by atoms with E-state index >= 15 is 0 Å². The van der Waals surface area contributed by atoms with Gasteiger partial charge in [-0.1, -0.05) is 18.2 Å². The van der Waals surface area contributed by atoms with Crippen LogP contribution in [-0.4, -0.2) is 55.3 Å². The summed E-state index contributed by atoms with van der Waals surface area (Å²) in [4.78, 5) is 28.0. The number of hydrogen-bond acceptors (Lipinski definition) is 5. The smallest absolute Gasteiger partial charge is 0.475 e. The number of hydrogen-bond donors (Lipinski definition) is 3. The first kappa shape index (κ1) is 22.8. The summed E-state index contributed by atoms with van der Waals surface area (Å²) < 4.78 is 31.7. The van der Waals surface area contributed by atoms with Gasteiger partial charge in [0.05, 0.1) is 11.2 Å². The van der Waals surface area contributed by atoms with Gasteiger partial charge in [0.1, 0.15) is 5.82 Å². The number of alkyl halides is 3. The number of para-hydroxylation sites is 1. The molecule has 168 valence electrons. The average Bonchev–Trinajstić information content (AvgIpc) is 2.62. The molecule has 7 nitrogen and oxygen atoms in total. The van der Waals surface area contributed by atoms with Gasteiger partial charge >= 0.3 is 12.1 Å². The van der Waals surface area contributed by atoms with Crippen LogP contribution in [0.3, 0.4) is 0 Å². The van der Waals surface area contributed by atoms with Crippen LogP contribution in [0.5, 0.6) is 0 Å². The number of carboxylic acids is 1. The van der Waals surface area contributed by atoms with Gasteiger partial charge in [0.25, 0.3) is 0 Å².